The first-order valence-corrected chi connectivity index (χ1v) is 12.8. The molecule has 1 atom stereocenters. The molecule has 41 heavy (non-hydrogen) atoms. The number of carbonyl (C=O) groups excluding carboxylic acids is 3. The highest BCUT2D eigenvalue weighted by Gasteiger charge is 2.32. The monoisotopic (exact) mass is 563 g/mol. The Kier molecular flexibility index (Phi) is 10.8. The Morgan fingerprint density at radius 2 is 1.56 bits per heavy atom. The van der Waals surface area contributed by atoms with Gasteiger partial charge in [-0.25, -0.2) is 14.4 Å². The van der Waals surface area contributed by atoms with E-state index in [1.54, 1.807) is 24.3 Å². The van der Waals surface area contributed by atoms with E-state index in [9.17, 15) is 24.3 Å². The highest BCUT2D eigenvalue weighted by molar-refractivity contribution is 5.95. The van der Waals surface area contributed by atoms with E-state index in [0.717, 1.165) is 21.9 Å². The first kappa shape index (κ1) is 30.2. The lowest BCUT2D eigenvalue weighted by atomic mass is 10.1. The number of ether oxygens (including phenoxy) is 1. The van der Waals surface area contributed by atoms with Crippen molar-refractivity contribution < 1.29 is 29.0 Å². The van der Waals surface area contributed by atoms with E-state index in [1.165, 1.54) is 4.90 Å². The van der Waals surface area contributed by atoms with Crippen molar-refractivity contribution in [3.63, 3.8) is 0 Å². The summed E-state index contributed by atoms with van der Waals surface area (Å²) in [5, 5.41) is 25.4. The maximum atomic E-state index is 13.4. The summed E-state index contributed by atoms with van der Waals surface area (Å²) in [6, 6.07) is 18.4. The molecule has 0 unspecified atom stereocenters. The molecular formula is C28H33N7O6. The third-order valence-electron chi connectivity index (χ3n) is 6.13. The number of nitrogens with one attached hydrogen (secondary N) is 4. The van der Waals surface area contributed by atoms with E-state index in [4.69, 9.17) is 21.6 Å². The van der Waals surface area contributed by atoms with Crippen LogP contribution >= 0.6 is 0 Å². The molecular weight excluding hydrogens is 530 g/mol. The predicted octanol–water partition coefficient (Wildman–Crippen LogP) is 2.57. The van der Waals surface area contributed by atoms with Crippen molar-refractivity contribution in [3.8, 4) is 0 Å². The third kappa shape index (κ3) is 9.73. The van der Waals surface area contributed by atoms with E-state index in [2.05, 4.69) is 10.6 Å². The molecule has 0 aliphatic heterocycles. The average molecular weight is 564 g/mol. The van der Waals surface area contributed by atoms with Crippen molar-refractivity contribution in [1.82, 2.24) is 20.9 Å². The van der Waals surface area contributed by atoms with Crippen LogP contribution in [0.3, 0.4) is 0 Å². The van der Waals surface area contributed by atoms with Crippen LogP contribution in [-0.4, -0.2) is 52.7 Å². The normalized spacial score (nSPS) is 11.2. The van der Waals surface area contributed by atoms with Crippen molar-refractivity contribution in [3.05, 3.63) is 83.4 Å². The Bertz CT molecular complexity index is 1400. The highest BCUT2D eigenvalue weighted by Crippen LogP contribution is 2.19. The zero-order valence-corrected chi connectivity index (χ0v) is 22.3. The molecule has 3 aromatic carbocycles. The number of imide groups is 1. The van der Waals surface area contributed by atoms with Gasteiger partial charge in [0.15, 0.2) is 5.96 Å². The molecule has 0 aromatic heterocycles. The summed E-state index contributed by atoms with van der Waals surface area (Å²) >= 11 is 0. The number of carbonyl (C=O) groups is 4. The number of fused-ring (bicyclic) bond motifs is 1. The maximum Gasteiger partial charge on any atom is 0.411 e. The highest BCUT2D eigenvalue weighted by atomic mass is 16.6. The molecule has 9 N–H and O–H groups in total. The van der Waals surface area contributed by atoms with Crippen LogP contribution in [0, 0.1) is 5.41 Å². The van der Waals surface area contributed by atoms with Crippen molar-refractivity contribution in [2.45, 2.75) is 38.6 Å². The van der Waals surface area contributed by atoms with Gasteiger partial charge in [0.25, 0.3) is 5.91 Å². The SMILES string of the molecule is N=C(N)NCCC[C@H](C(=O)NC(=O)O)N(Cc1ccc(CNC(N)=O)cc1)C(=O)OCc1ccc2ccccc2c1. The van der Waals surface area contributed by atoms with Crippen molar-refractivity contribution in [1.29, 1.82) is 5.41 Å². The number of amides is 5. The lowest BCUT2D eigenvalue weighted by Crippen LogP contribution is -2.50. The molecule has 3 rings (SSSR count). The van der Waals surface area contributed by atoms with Gasteiger partial charge in [0.2, 0.25) is 0 Å². The molecule has 0 spiro atoms. The van der Waals surface area contributed by atoms with Gasteiger partial charge in [-0.1, -0.05) is 60.7 Å². The van der Waals surface area contributed by atoms with Crippen molar-refractivity contribution in [2.24, 2.45) is 11.5 Å². The van der Waals surface area contributed by atoms with Gasteiger partial charge in [-0.2, -0.15) is 0 Å². The fourth-order valence-electron chi connectivity index (χ4n) is 4.14. The Hall–Kier alpha value is -5.33. The largest absolute Gasteiger partial charge is 0.465 e. The van der Waals surface area contributed by atoms with Crippen LogP contribution in [0.4, 0.5) is 14.4 Å². The third-order valence-corrected chi connectivity index (χ3v) is 6.13. The van der Waals surface area contributed by atoms with E-state index < -0.39 is 30.2 Å². The second kappa shape index (κ2) is 14.7. The Morgan fingerprint density at radius 1 is 0.902 bits per heavy atom. The minimum Gasteiger partial charge on any atom is -0.465 e. The second-order valence-electron chi connectivity index (χ2n) is 9.19. The number of guanidine groups is 1. The lowest BCUT2D eigenvalue weighted by molar-refractivity contribution is -0.125. The fraction of sp³-hybridized carbons (Fsp3) is 0.250. The Balaban J connectivity index is 1.83. The molecule has 13 nitrogen and oxygen atoms in total. The smallest absolute Gasteiger partial charge is 0.411 e. The summed E-state index contributed by atoms with van der Waals surface area (Å²) in [6.45, 7) is 0.294. The lowest BCUT2D eigenvalue weighted by Gasteiger charge is -2.30. The van der Waals surface area contributed by atoms with Crippen LogP contribution in [0.15, 0.2) is 66.7 Å². The number of hydrogen-bond donors (Lipinski definition) is 7. The Labute approximate surface area is 236 Å². The van der Waals surface area contributed by atoms with Crippen molar-refractivity contribution in [2.75, 3.05) is 6.54 Å². The zero-order chi connectivity index (χ0) is 29.8. The number of nitrogens with zero attached hydrogens (tertiary/aromatic N) is 1. The molecule has 0 saturated carbocycles. The van der Waals surface area contributed by atoms with Gasteiger partial charge >= 0.3 is 18.2 Å². The summed E-state index contributed by atoms with van der Waals surface area (Å²) in [5.41, 5.74) is 12.6. The summed E-state index contributed by atoms with van der Waals surface area (Å²) in [4.78, 5) is 49.9. The molecule has 0 bridgehead atoms. The first-order chi connectivity index (χ1) is 19.6. The van der Waals surface area contributed by atoms with E-state index >= 15 is 0 Å². The molecule has 0 radical (unpaired) electrons. The molecule has 0 aliphatic carbocycles. The zero-order valence-electron chi connectivity index (χ0n) is 22.3. The Morgan fingerprint density at radius 3 is 2.22 bits per heavy atom. The van der Waals surface area contributed by atoms with Gasteiger partial charge < -0.3 is 31.9 Å². The number of benzene rings is 3. The average Bonchev–Trinajstić information content (AvgIpc) is 2.93. The predicted molar refractivity (Wildman–Crippen MR) is 152 cm³/mol. The summed E-state index contributed by atoms with van der Waals surface area (Å²) in [6.07, 6.45) is -2.02. The van der Waals surface area contributed by atoms with Crippen LogP contribution in [0.25, 0.3) is 10.8 Å². The number of hydrogen-bond acceptors (Lipinski definition) is 6. The van der Waals surface area contributed by atoms with Gasteiger partial charge in [0.05, 0.1) is 0 Å². The first-order valence-electron chi connectivity index (χ1n) is 12.8. The number of urea groups is 1. The molecule has 13 heteroatoms. The van der Waals surface area contributed by atoms with Gasteiger partial charge in [-0.05, 0) is 46.4 Å². The number of rotatable bonds is 12. The quantitative estimate of drug-likeness (QED) is 0.0985. The maximum absolute atomic E-state index is 13.4. The van der Waals surface area contributed by atoms with E-state index in [-0.39, 0.29) is 38.6 Å². The molecule has 0 aliphatic rings. The van der Waals surface area contributed by atoms with Gasteiger partial charge in [-0.3, -0.25) is 20.4 Å². The van der Waals surface area contributed by atoms with Crippen LogP contribution < -0.4 is 27.4 Å². The molecule has 0 saturated heterocycles. The fourth-order valence-corrected chi connectivity index (χ4v) is 4.14. The molecule has 0 fully saturated rings. The molecule has 5 amide bonds. The van der Waals surface area contributed by atoms with Crippen LogP contribution in [0.2, 0.25) is 0 Å². The van der Waals surface area contributed by atoms with Crippen LogP contribution in [-0.2, 0) is 29.2 Å². The molecule has 0 heterocycles. The summed E-state index contributed by atoms with van der Waals surface area (Å²) in [5.74, 6) is -1.15. The topological polar surface area (TPSA) is 213 Å². The number of primary amides is 1. The molecule has 3 aromatic rings. The van der Waals surface area contributed by atoms with Crippen molar-refractivity contribution >= 4 is 40.9 Å². The molecule has 216 valence electrons. The van der Waals surface area contributed by atoms with Gasteiger partial charge in [0, 0.05) is 19.6 Å². The second-order valence-corrected chi connectivity index (χ2v) is 9.19. The van der Waals surface area contributed by atoms with Gasteiger partial charge in [-0.15, -0.1) is 0 Å². The summed E-state index contributed by atoms with van der Waals surface area (Å²) < 4.78 is 5.61. The summed E-state index contributed by atoms with van der Waals surface area (Å²) in [7, 11) is 0. The van der Waals surface area contributed by atoms with Gasteiger partial charge in [0.1, 0.15) is 12.6 Å². The number of nitrogens with two attached hydrogens (primary N) is 2. The minimum atomic E-state index is -1.56. The number of carboxylic acid groups (broad SMARTS) is 1. The van der Waals surface area contributed by atoms with Crippen LogP contribution in [0.5, 0.6) is 0 Å². The van der Waals surface area contributed by atoms with E-state index in [1.807, 2.05) is 47.8 Å². The van der Waals surface area contributed by atoms with Crippen LogP contribution in [0.1, 0.15) is 29.5 Å². The standard InChI is InChI=1S/C28H33N7O6/c29-25(30)32-13-3-6-23(24(36)34-27(38)39)35(16-19-9-7-18(8-10-19)15-33-26(31)37)28(40)41-17-20-11-12-21-4-1-2-5-22(21)14-20/h1-2,4-5,7-12,14,23H,3,6,13,15-17H2,(H,34,36)(H,38,39)(H4,29,30,32)(H3,31,33,37)/t23-/m1/s1. The van der Waals surface area contributed by atoms with E-state index in [0.29, 0.717) is 12.0 Å². The minimum absolute atomic E-state index is 0.0606.